The van der Waals surface area contributed by atoms with Crippen molar-refractivity contribution >= 4 is 54.8 Å². The molecule has 0 saturated heterocycles. The molecule has 1 aliphatic heterocycles. The molecule has 12 heteroatoms. The van der Waals surface area contributed by atoms with Crippen molar-refractivity contribution in [2.75, 3.05) is 11.3 Å². The lowest BCUT2D eigenvalue weighted by atomic mass is 10.2. The second kappa shape index (κ2) is 9.18. The van der Waals surface area contributed by atoms with E-state index in [1.54, 1.807) is 30.3 Å². The molecule has 0 aliphatic carbocycles. The van der Waals surface area contributed by atoms with Crippen LogP contribution in [-0.2, 0) is 14.8 Å². The Morgan fingerprint density at radius 3 is 2.38 bits per heavy atom. The molecule has 2 aromatic carbocycles. The molecule has 2 amide bonds. The number of para-hydroxylation sites is 2. The first-order valence-electron chi connectivity index (χ1n) is 9.19. The second-order valence-corrected chi connectivity index (χ2v) is 10.9. The van der Waals surface area contributed by atoms with E-state index < -0.39 is 27.9 Å². The molecule has 0 bridgehead atoms. The molecule has 32 heavy (non-hydrogen) atoms. The van der Waals surface area contributed by atoms with Crippen LogP contribution in [0.2, 0.25) is 0 Å². The van der Waals surface area contributed by atoms with Crippen LogP contribution in [-0.4, -0.2) is 32.9 Å². The van der Waals surface area contributed by atoms with E-state index in [9.17, 15) is 18.0 Å². The predicted octanol–water partition coefficient (Wildman–Crippen LogP) is 2.91. The van der Waals surface area contributed by atoms with Crippen LogP contribution in [0, 0.1) is 0 Å². The highest BCUT2D eigenvalue weighted by Gasteiger charge is 2.27. The van der Waals surface area contributed by atoms with E-state index in [1.165, 1.54) is 30.3 Å². The molecular formula is C20H16BrN3O6S2. The maximum absolute atomic E-state index is 12.4. The van der Waals surface area contributed by atoms with E-state index >= 15 is 0 Å². The van der Waals surface area contributed by atoms with Crippen LogP contribution in [0.15, 0.2) is 68.7 Å². The number of hydrazine groups is 1. The third-order valence-corrected chi connectivity index (χ3v) is 7.81. The molecule has 1 aliphatic rings. The van der Waals surface area contributed by atoms with Crippen molar-refractivity contribution in [2.45, 2.75) is 10.3 Å². The van der Waals surface area contributed by atoms with E-state index in [-0.39, 0.29) is 16.4 Å². The van der Waals surface area contributed by atoms with Crippen LogP contribution in [0.25, 0.3) is 0 Å². The predicted molar refractivity (Wildman–Crippen MR) is 121 cm³/mol. The molecule has 0 unspecified atom stereocenters. The first kappa shape index (κ1) is 22.1. The molecule has 3 N–H and O–H groups in total. The molecule has 0 saturated carbocycles. The SMILES string of the molecule is O=C(NNC(=O)[C@H]1COc2ccccc2O1)c1ccc(NS(=O)(=O)c2ccc(Br)s2)cc1. The third-order valence-electron chi connectivity index (χ3n) is 4.31. The van der Waals surface area contributed by atoms with Crippen LogP contribution in [0.3, 0.4) is 0 Å². The summed E-state index contributed by atoms with van der Waals surface area (Å²) in [6, 6.07) is 15.9. The number of carbonyl (C=O) groups is 2. The van der Waals surface area contributed by atoms with Crippen molar-refractivity contribution in [1.82, 2.24) is 10.9 Å². The van der Waals surface area contributed by atoms with E-state index in [0.717, 1.165) is 11.3 Å². The van der Waals surface area contributed by atoms with Gasteiger partial charge in [-0.1, -0.05) is 12.1 Å². The lowest BCUT2D eigenvalue weighted by Gasteiger charge is -2.25. The highest BCUT2D eigenvalue weighted by Crippen LogP contribution is 2.31. The fourth-order valence-electron chi connectivity index (χ4n) is 2.76. The van der Waals surface area contributed by atoms with Crippen molar-refractivity contribution in [3.63, 3.8) is 0 Å². The van der Waals surface area contributed by atoms with Gasteiger partial charge >= 0.3 is 0 Å². The summed E-state index contributed by atoms with van der Waals surface area (Å²) in [6.45, 7) is 0.00830. The minimum atomic E-state index is -3.73. The zero-order chi connectivity index (χ0) is 22.7. The quantitative estimate of drug-likeness (QED) is 0.430. The monoisotopic (exact) mass is 537 g/mol. The van der Waals surface area contributed by atoms with Gasteiger partial charge in [0.25, 0.3) is 21.8 Å². The second-order valence-electron chi connectivity index (χ2n) is 6.55. The van der Waals surface area contributed by atoms with Gasteiger partial charge in [-0.2, -0.15) is 0 Å². The summed E-state index contributed by atoms with van der Waals surface area (Å²) in [7, 11) is -3.73. The van der Waals surface area contributed by atoms with Crippen molar-refractivity contribution in [3.8, 4) is 11.5 Å². The number of hydrogen-bond acceptors (Lipinski definition) is 7. The van der Waals surface area contributed by atoms with E-state index in [4.69, 9.17) is 9.47 Å². The van der Waals surface area contributed by atoms with E-state index in [0.29, 0.717) is 21.0 Å². The first-order valence-corrected chi connectivity index (χ1v) is 12.3. The number of benzene rings is 2. The van der Waals surface area contributed by atoms with Crippen molar-refractivity contribution in [3.05, 3.63) is 70.0 Å². The number of fused-ring (bicyclic) bond motifs is 1. The largest absolute Gasteiger partial charge is 0.485 e. The molecule has 166 valence electrons. The van der Waals surface area contributed by atoms with Gasteiger partial charge in [0.1, 0.15) is 10.8 Å². The maximum Gasteiger partial charge on any atom is 0.283 e. The Hall–Kier alpha value is -3.09. The average molecular weight is 538 g/mol. The lowest BCUT2D eigenvalue weighted by Crippen LogP contribution is -2.50. The average Bonchev–Trinajstić information content (AvgIpc) is 3.24. The molecule has 0 fully saturated rings. The maximum atomic E-state index is 12.4. The summed E-state index contributed by atoms with van der Waals surface area (Å²) in [5, 5.41) is 0. The Balaban J connectivity index is 1.32. The fraction of sp³-hybridized carbons (Fsp3) is 0.100. The van der Waals surface area contributed by atoms with Gasteiger partial charge in [-0.3, -0.25) is 25.2 Å². The van der Waals surface area contributed by atoms with Crippen molar-refractivity contribution in [2.24, 2.45) is 0 Å². The molecule has 4 rings (SSSR count). The Morgan fingerprint density at radius 2 is 1.69 bits per heavy atom. The number of nitrogens with one attached hydrogen (secondary N) is 3. The van der Waals surface area contributed by atoms with Gasteiger partial charge in [0.05, 0.1) is 3.79 Å². The summed E-state index contributed by atoms with van der Waals surface area (Å²) < 4.78 is 39.1. The van der Waals surface area contributed by atoms with E-state index in [1.807, 2.05) is 0 Å². The zero-order valence-corrected chi connectivity index (χ0v) is 19.4. The molecule has 0 spiro atoms. The summed E-state index contributed by atoms with van der Waals surface area (Å²) in [6.07, 6.45) is -0.917. The normalized spacial score (nSPS) is 15.0. The van der Waals surface area contributed by atoms with Gasteiger partial charge in [0, 0.05) is 11.3 Å². The molecule has 1 aromatic heterocycles. The van der Waals surface area contributed by atoms with Gasteiger partial charge < -0.3 is 9.47 Å². The molecule has 9 nitrogen and oxygen atoms in total. The number of thiophene rings is 1. The van der Waals surface area contributed by atoms with Crippen LogP contribution >= 0.6 is 27.3 Å². The Kier molecular flexibility index (Phi) is 6.35. The third kappa shape index (κ3) is 5.03. The minimum absolute atomic E-state index is 0.00830. The summed E-state index contributed by atoms with van der Waals surface area (Å²) in [5.41, 5.74) is 5.11. The topological polar surface area (TPSA) is 123 Å². The van der Waals surface area contributed by atoms with Crippen LogP contribution in [0.5, 0.6) is 11.5 Å². The molecule has 0 radical (unpaired) electrons. The number of halogens is 1. The zero-order valence-electron chi connectivity index (χ0n) is 16.2. The molecule has 2 heterocycles. The molecular weight excluding hydrogens is 522 g/mol. The van der Waals surface area contributed by atoms with Crippen LogP contribution in [0.1, 0.15) is 10.4 Å². The van der Waals surface area contributed by atoms with Crippen molar-refractivity contribution in [1.29, 1.82) is 0 Å². The smallest absolute Gasteiger partial charge is 0.283 e. The van der Waals surface area contributed by atoms with Crippen LogP contribution in [0.4, 0.5) is 5.69 Å². The highest BCUT2D eigenvalue weighted by atomic mass is 79.9. The minimum Gasteiger partial charge on any atom is -0.485 e. The highest BCUT2D eigenvalue weighted by molar-refractivity contribution is 9.11. The van der Waals surface area contributed by atoms with Gasteiger partial charge in [0.15, 0.2) is 11.5 Å². The molecule has 1 atom stereocenters. The number of sulfonamides is 1. The summed E-state index contributed by atoms with van der Waals surface area (Å²) in [4.78, 5) is 24.6. The summed E-state index contributed by atoms with van der Waals surface area (Å²) >= 11 is 4.31. The standard InChI is InChI=1S/C20H16BrN3O6S2/c21-17-9-10-18(31-17)32(27,28)24-13-7-5-12(6-8-13)19(25)22-23-20(26)16-11-29-14-3-1-2-4-15(14)30-16/h1-10,16,24H,11H2,(H,22,25)(H,23,26)/t16-/m1/s1. The lowest BCUT2D eigenvalue weighted by molar-refractivity contribution is -0.131. The van der Waals surface area contributed by atoms with Gasteiger partial charge in [0.2, 0.25) is 6.10 Å². The number of rotatable bonds is 5. The number of carbonyl (C=O) groups excluding carboxylic acids is 2. The first-order chi connectivity index (χ1) is 15.3. The van der Waals surface area contributed by atoms with Gasteiger partial charge in [-0.05, 0) is 64.5 Å². The fourth-order valence-corrected chi connectivity index (χ4v) is 5.83. The summed E-state index contributed by atoms with van der Waals surface area (Å²) in [5.74, 6) is -0.160. The number of ether oxygens (including phenoxy) is 2. The van der Waals surface area contributed by atoms with E-state index in [2.05, 4.69) is 31.5 Å². The number of amides is 2. The van der Waals surface area contributed by atoms with Crippen LogP contribution < -0.4 is 25.0 Å². The van der Waals surface area contributed by atoms with Gasteiger partial charge in [-0.25, -0.2) is 8.42 Å². The molecule has 3 aromatic rings. The Labute approximate surface area is 195 Å². The van der Waals surface area contributed by atoms with Crippen molar-refractivity contribution < 1.29 is 27.5 Å². The Morgan fingerprint density at radius 1 is 0.969 bits per heavy atom. The Bertz CT molecular complexity index is 1260. The number of hydrogen-bond donors (Lipinski definition) is 3. The number of anilines is 1. The van der Waals surface area contributed by atoms with Gasteiger partial charge in [-0.15, -0.1) is 11.3 Å².